The summed E-state index contributed by atoms with van der Waals surface area (Å²) in [6.45, 7) is 1.88. The maximum atomic E-state index is 13.4. The van der Waals surface area contributed by atoms with Crippen molar-refractivity contribution in [1.29, 1.82) is 0 Å². The van der Waals surface area contributed by atoms with Crippen LogP contribution in [0, 0.1) is 6.92 Å². The van der Waals surface area contributed by atoms with Gasteiger partial charge in [-0.1, -0.05) is 75.0 Å². The van der Waals surface area contributed by atoms with Crippen LogP contribution in [-0.2, 0) is 9.84 Å². The molecule has 3 rings (SSSR count). The van der Waals surface area contributed by atoms with Crippen LogP contribution >= 0.6 is 39.1 Å². The standard InChI is InChI=1S/C22H17BrCl2O3S/c1-14-2-9-18(10-3-14)29(27,28)22(16-6-11-19(24)20(25)12-16)13-21(26)15-4-7-17(23)8-5-15/h2-12,22H,13H2,1H3/t22-/m1/s1. The molecule has 0 aromatic heterocycles. The number of rotatable bonds is 6. The molecule has 3 aromatic rings. The summed E-state index contributed by atoms with van der Waals surface area (Å²) in [5, 5.41) is -0.526. The fourth-order valence-corrected chi connectivity index (χ4v) is 5.22. The maximum absolute atomic E-state index is 13.4. The Morgan fingerprint density at radius 2 is 1.55 bits per heavy atom. The lowest BCUT2D eigenvalue weighted by Crippen LogP contribution is -2.18. The van der Waals surface area contributed by atoms with Crippen LogP contribution in [0.3, 0.4) is 0 Å². The van der Waals surface area contributed by atoms with E-state index in [0.717, 1.165) is 10.0 Å². The van der Waals surface area contributed by atoms with Gasteiger partial charge in [-0.05, 0) is 48.9 Å². The first-order valence-corrected chi connectivity index (χ1v) is 11.8. The minimum Gasteiger partial charge on any atom is -0.294 e. The van der Waals surface area contributed by atoms with Crippen molar-refractivity contribution in [3.05, 3.63) is 97.9 Å². The fourth-order valence-electron chi connectivity index (χ4n) is 2.93. The van der Waals surface area contributed by atoms with Crippen LogP contribution < -0.4 is 0 Å². The van der Waals surface area contributed by atoms with Crippen molar-refractivity contribution in [3.8, 4) is 0 Å². The van der Waals surface area contributed by atoms with Crippen LogP contribution in [0.1, 0.15) is 33.2 Å². The van der Waals surface area contributed by atoms with E-state index in [2.05, 4.69) is 15.9 Å². The number of benzene rings is 3. The fraction of sp³-hybridized carbons (Fsp3) is 0.136. The Labute approximate surface area is 188 Å². The topological polar surface area (TPSA) is 51.2 Å². The Morgan fingerprint density at radius 3 is 2.14 bits per heavy atom. The van der Waals surface area contributed by atoms with E-state index in [9.17, 15) is 13.2 Å². The van der Waals surface area contributed by atoms with Crippen molar-refractivity contribution in [2.75, 3.05) is 0 Å². The molecule has 0 fully saturated rings. The van der Waals surface area contributed by atoms with Gasteiger partial charge in [0.05, 0.1) is 20.2 Å². The highest BCUT2D eigenvalue weighted by Gasteiger charge is 2.32. The van der Waals surface area contributed by atoms with Crippen LogP contribution in [0.5, 0.6) is 0 Å². The van der Waals surface area contributed by atoms with Gasteiger partial charge in [0.2, 0.25) is 0 Å². The quantitative estimate of drug-likeness (QED) is 0.340. The van der Waals surface area contributed by atoms with E-state index >= 15 is 0 Å². The summed E-state index contributed by atoms with van der Waals surface area (Å²) < 4.78 is 27.7. The Balaban J connectivity index is 2.05. The molecule has 7 heteroatoms. The van der Waals surface area contributed by atoms with E-state index < -0.39 is 15.1 Å². The molecule has 29 heavy (non-hydrogen) atoms. The van der Waals surface area contributed by atoms with E-state index in [1.807, 2.05) is 6.92 Å². The lowest BCUT2D eigenvalue weighted by Gasteiger charge is -2.19. The second kappa shape index (κ2) is 9.00. The van der Waals surface area contributed by atoms with Gasteiger partial charge in [-0.2, -0.15) is 0 Å². The van der Waals surface area contributed by atoms with Crippen LogP contribution in [0.2, 0.25) is 10.0 Å². The van der Waals surface area contributed by atoms with Crippen molar-refractivity contribution in [1.82, 2.24) is 0 Å². The Morgan fingerprint density at radius 1 is 0.931 bits per heavy atom. The molecular weight excluding hydrogens is 495 g/mol. The Bertz CT molecular complexity index is 1140. The Hall–Kier alpha value is -1.66. The number of halogens is 3. The minimum absolute atomic E-state index is 0.155. The number of hydrogen-bond donors (Lipinski definition) is 0. The third-order valence-electron chi connectivity index (χ3n) is 4.58. The second-order valence-electron chi connectivity index (χ2n) is 6.65. The van der Waals surface area contributed by atoms with E-state index in [-0.39, 0.29) is 22.1 Å². The first-order valence-electron chi connectivity index (χ1n) is 8.73. The molecule has 1 atom stereocenters. The van der Waals surface area contributed by atoms with Gasteiger partial charge in [0.1, 0.15) is 0 Å². The summed E-state index contributed by atoms with van der Waals surface area (Å²) in [7, 11) is -3.84. The zero-order chi connectivity index (χ0) is 21.2. The summed E-state index contributed by atoms with van der Waals surface area (Å²) >= 11 is 15.5. The number of aryl methyl sites for hydroxylation is 1. The maximum Gasteiger partial charge on any atom is 0.185 e. The molecule has 0 saturated carbocycles. The molecule has 0 aliphatic carbocycles. The van der Waals surface area contributed by atoms with Gasteiger partial charge in [-0.3, -0.25) is 4.79 Å². The van der Waals surface area contributed by atoms with Gasteiger partial charge in [0.15, 0.2) is 15.6 Å². The molecule has 0 amide bonds. The van der Waals surface area contributed by atoms with Gasteiger partial charge < -0.3 is 0 Å². The highest BCUT2D eigenvalue weighted by atomic mass is 79.9. The van der Waals surface area contributed by atoms with E-state index in [4.69, 9.17) is 23.2 Å². The second-order valence-corrected chi connectivity index (χ2v) is 10.5. The first kappa shape index (κ1) is 22.0. The summed E-state index contributed by atoms with van der Waals surface area (Å²) in [6, 6.07) is 18.0. The molecular formula is C22H17BrCl2O3S. The normalized spacial score (nSPS) is 12.6. The van der Waals surface area contributed by atoms with Crippen LogP contribution in [-0.4, -0.2) is 14.2 Å². The number of sulfone groups is 1. The van der Waals surface area contributed by atoms with Gasteiger partial charge >= 0.3 is 0 Å². The lowest BCUT2D eigenvalue weighted by atomic mass is 10.0. The molecule has 3 nitrogen and oxygen atoms in total. The minimum atomic E-state index is -3.84. The third-order valence-corrected chi connectivity index (χ3v) is 7.96. The molecule has 0 heterocycles. The van der Waals surface area contributed by atoms with Gasteiger partial charge in [-0.25, -0.2) is 8.42 Å². The molecule has 0 bridgehead atoms. The predicted molar refractivity (Wildman–Crippen MR) is 121 cm³/mol. The van der Waals surface area contributed by atoms with Crippen molar-refractivity contribution in [2.24, 2.45) is 0 Å². The zero-order valence-corrected chi connectivity index (χ0v) is 19.3. The molecule has 3 aromatic carbocycles. The molecule has 0 spiro atoms. The summed E-state index contributed by atoms with van der Waals surface area (Å²) in [6.07, 6.45) is -0.212. The lowest BCUT2D eigenvalue weighted by molar-refractivity contribution is 0.0980. The number of carbonyl (C=O) groups is 1. The highest BCUT2D eigenvalue weighted by molar-refractivity contribution is 9.10. The van der Waals surface area contributed by atoms with E-state index in [1.54, 1.807) is 60.7 Å². The van der Waals surface area contributed by atoms with Crippen molar-refractivity contribution in [3.63, 3.8) is 0 Å². The van der Waals surface area contributed by atoms with Gasteiger partial charge in [-0.15, -0.1) is 0 Å². The van der Waals surface area contributed by atoms with E-state index in [0.29, 0.717) is 16.1 Å². The number of hydrogen-bond acceptors (Lipinski definition) is 3. The summed E-state index contributed by atoms with van der Waals surface area (Å²) in [5.74, 6) is -0.274. The summed E-state index contributed by atoms with van der Waals surface area (Å²) in [5.41, 5.74) is 1.81. The van der Waals surface area contributed by atoms with Gasteiger partial charge in [0.25, 0.3) is 0 Å². The average Bonchev–Trinajstić information content (AvgIpc) is 2.69. The van der Waals surface area contributed by atoms with Crippen molar-refractivity contribution in [2.45, 2.75) is 23.5 Å². The largest absolute Gasteiger partial charge is 0.294 e. The number of carbonyl (C=O) groups excluding carboxylic acids is 1. The molecule has 150 valence electrons. The molecule has 0 radical (unpaired) electrons. The SMILES string of the molecule is Cc1ccc(S(=O)(=O)[C@H](CC(=O)c2ccc(Br)cc2)c2ccc(Cl)c(Cl)c2)cc1. The van der Waals surface area contributed by atoms with Crippen LogP contribution in [0.15, 0.2) is 76.1 Å². The molecule has 0 saturated heterocycles. The molecule has 0 unspecified atom stereocenters. The summed E-state index contributed by atoms with van der Waals surface area (Å²) in [4.78, 5) is 13.0. The van der Waals surface area contributed by atoms with Crippen molar-refractivity contribution >= 4 is 54.8 Å². The Kier molecular flexibility index (Phi) is 6.84. The average molecular weight is 512 g/mol. The first-order chi connectivity index (χ1) is 13.7. The number of ketones is 1. The van der Waals surface area contributed by atoms with Crippen LogP contribution in [0.4, 0.5) is 0 Å². The monoisotopic (exact) mass is 510 g/mol. The molecule has 0 N–H and O–H groups in total. The third kappa shape index (κ3) is 5.10. The molecule has 0 aliphatic rings. The predicted octanol–water partition coefficient (Wildman–Crippen LogP) is 6.85. The smallest absolute Gasteiger partial charge is 0.185 e. The zero-order valence-electron chi connectivity index (χ0n) is 15.4. The highest BCUT2D eigenvalue weighted by Crippen LogP contribution is 2.36. The van der Waals surface area contributed by atoms with Gasteiger partial charge in [0, 0.05) is 16.5 Å². The van der Waals surface area contributed by atoms with Crippen molar-refractivity contribution < 1.29 is 13.2 Å². The van der Waals surface area contributed by atoms with E-state index in [1.165, 1.54) is 6.07 Å². The molecule has 0 aliphatic heterocycles. The number of Topliss-reactive ketones (excluding diaryl/α,β-unsaturated/α-hetero) is 1. The van der Waals surface area contributed by atoms with Crippen LogP contribution in [0.25, 0.3) is 0 Å².